The Morgan fingerprint density at radius 3 is 2.87 bits per heavy atom. The molecule has 0 aliphatic carbocycles. The van der Waals surface area contributed by atoms with E-state index in [0.29, 0.717) is 13.1 Å². The molecule has 1 amide bonds. The number of hydrogen-bond acceptors (Lipinski definition) is 6. The molecule has 1 unspecified atom stereocenters. The van der Waals surface area contributed by atoms with Crippen molar-refractivity contribution in [1.29, 1.82) is 0 Å². The molecule has 0 bridgehead atoms. The quantitative estimate of drug-likeness (QED) is 0.802. The molecule has 4 rings (SSSR count). The third-order valence-corrected chi connectivity index (χ3v) is 4.30. The molecule has 120 valence electrons. The zero-order valence-electron chi connectivity index (χ0n) is 12.7. The number of rotatable bonds is 2. The molecule has 2 aromatic rings. The van der Waals surface area contributed by atoms with Gasteiger partial charge in [-0.15, -0.1) is 0 Å². The standard InChI is InChI=1S/C15H18N6O2/c22-15(12-3-1-2-8-23-12)20-6-4-19(5-7-20)14-10-16-9-13-17-11-18-21(13)14/h2,8-12H,1,3-7H2. The molecule has 2 aromatic heterocycles. The van der Waals surface area contributed by atoms with Gasteiger partial charge in [-0.25, -0.2) is 4.98 Å². The predicted octanol–water partition coefficient (Wildman–Crippen LogP) is 0.466. The van der Waals surface area contributed by atoms with Crippen LogP contribution in [-0.2, 0) is 9.53 Å². The van der Waals surface area contributed by atoms with Gasteiger partial charge in [-0.2, -0.15) is 9.61 Å². The first-order valence-corrected chi connectivity index (χ1v) is 7.81. The molecule has 0 N–H and O–H groups in total. The fraction of sp³-hybridized carbons (Fsp3) is 0.467. The van der Waals surface area contributed by atoms with E-state index in [1.165, 1.54) is 6.33 Å². The summed E-state index contributed by atoms with van der Waals surface area (Å²) >= 11 is 0. The summed E-state index contributed by atoms with van der Waals surface area (Å²) in [4.78, 5) is 24.9. The molecule has 8 nitrogen and oxygen atoms in total. The lowest BCUT2D eigenvalue weighted by atomic mass is 10.1. The number of allylic oxidation sites excluding steroid dienone is 1. The maximum Gasteiger partial charge on any atom is 0.263 e. The second-order valence-electron chi connectivity index (χ2n) is 5.68. The Bertz CT molecular complexity index is 734. The van der Waals surface area contributed by atoms with Crippen molar-refractivity contribution in [2.45, 2.75) is 18.9 Å². The fourth-order valence-corrected chi connectivity index (χ4v) is 3.03. The summed E-state index contributed by atoms with van der Waals surface area (Å²) in [6.07, 6.45) is 9.92. The third-order valence-electron chi connectivity index (χ3n) is 4.30. The molecule has 2 aliphatic heterocycles. The van der Waals surface area contributed by atoms with E-state index in [0.717, 1.165) is 37.4 Å². The smallest absolute Gasteiger partial charge is 0.263 e. The predicted molar refractivity (Wildman–Crippen MR) is 82.8 cm³/mol. The van der Waals surface area contributed by atoms with E-state index in [2.05, 4.69) is 20.0 Å². The van der Waals surface area contributed by atoms with Crippen molar-refractivity contribution < 1.29 is 9.53 Å². The number of anilines is 1. The zero-order valence-corrected chi connectivity index (χ0v) is 12.7. The summed E-state index contributed by atoms with van der Waals surface area (Å²) in [5.41, 5.74) is 0.725. The molecule has 23 heavy (non-hydrogen) atoms. The molecule has 0 radical (unpaired) electrons. The summed E-state index contributed by atoms with van der Waals surface area (Å²) in [5, 5.41) is 4.24. The number of hydrogen-bond donors (Lipinski definition) is 0. The number of amides is 1. The normalized spacial score (nSPS) is 21.5. The van der Waals surface area contributed by atoms with Gasteiger partial charge in [0.2, 0.25) is 0 Å². The average Bonchev–Trinajstić information content (AvgIpc) is 3.11. The number of carbonyl (C=O) groups excluding carboxylic acids is 1. The second kappa shape index (κ2) is 5.86. The van der Waals surface area contributed by atoms with Crippen molar-refractivity contribution in [3.05, 3.63) is 31.1 Å². The number of fused-ring (bicyclic) bond motifs is 1. The van der Waals surface area contributed by atoms with Gasteiger partial charge in [-0.05, 0) is 18.9 Å². The molecule has 0 aromatic carbocycles. The van der Waals surface area contributed by atoms with Crippen LogP contribution in [0, 0.1) is 0 Å². The third kappa shape index (κ3) is 2.60. The fourth-order valence-electron chi connectivity index (χ4n) is 3.03. The van der Waals surface area contributed by atoms with Crippen LogP contribution >= 0.6 is 0 Å². The van der Waals surface area contributed by atoms with Crippen molar-refractivity contribution in [2.75, 3.05) is 31.1 Å². The van der Waals surface area contributed by atoms with Gasteiger partial charge in [0.15, 0.2) is 17.6 Å². The maximum atomic E-state index is 12.5. The monoisotopic (exact) mass is 314 g/mol. The Morgan fingerprint density at radius 1 is 1.22 bits per heavy atom. The highest BCUT2D eigenvalue weighted by molar-refractivity contribution is 5.81. The van der Waals surface area contributed by atoms with Gasteiger partial charge in [0.25, 0.3) is 5.91 Å². The van der Waals surface area contributed by atoms with Crippen LogP contribution in [0.4, 0.5) is 5.82 Å². The van der Waals surface area contributed by atoms with Gasteiger partial charge in [0.05, 0.1) is 18.7 Å². The lowest BCUT2D eigenvalue weighted by Crippen LogP contribution is -2.52. The summed E-state index contributed by atoms with van der Waals surface area (Å²) < 4.78 is 7.21. The Balaban J connectivity index is 1.44. The molecular weight excluding hydrogens is 296 g/mol. The molecule has 8 heteroatoms. The van der Waals surface area contributed by atoms with Crippen LogP contribution in [0.3, 0.4) is 0 Å². The van der Waals surface area contributed by atoms with E-state index in [9.17, 15) is 4.79 Å². The van der Waals surface area contributed by atoms with Crippen molar-refractivity contribution in [1.82, 2.24) is 24.5 Å². The molecule has 1 saturated heterocycles. The average molecular weight is 314 g/mol. The van der Waals surface area contributed by atoms with Gasteiger partial charge in [0, 0.05) is 26.2 Å². The number of aromatic nitrogens is 4. The summed E-state index contributed by atoms with van der Waals surface area (Å²) in [5.74, 6) is 0.995. The number of ether oxygens (including phenoxy) is 1. The van der Waals surface area contributed by atoms with Crippen LogP contribution in [0.2, 0.25) is 0 Å². The SMILES string of the molecule is O=C(C1CCC=CO1)N1CCN(c2cncc3ncnn23)CC1. The Morgan fingerprint density at radius 2 is 2.09 bits per heavy atom. The lowest BCUT2D eigenvalue weighted by molar-refractivity contribution is -0.141. The highest BCUT2D eigenvalue weighted by Gasteiger charge is 2.29. The van der Waals surface area contributed by atoms with Crippen molar-refractivity contribution in [3.63, 3.8) is 0 Å². The maximum absolute atomic E-state index is 12.5. The molecule has 1 fully saturated rings. The summed E-state index contributed by atoms with van der Waals surface area (Å²) in [6, 6.07) is 0. The van der Waals surface area contributed by atoms with E-state index in [1.807, 2.05) is 11.0 Å². The summed E-state index contributed by atoms with van der Waals surface area (Å²) in [6.45, 7) is 2.84. The van der Waals surface area contributed by atoms with Crippen molar-refractivity contribution in [3.8, 4) is 0 Å². The number of piperazine rings is 1. The minimum Gasteiger partial charge on any atom is -0.489 e. The zero-order chi connectivity index (χ0) is 15.6. The van der Waals surface area contributed by atoms with Crippen molar-refractivity contribution in [2.24, 2.45) is 0 Å². The van der Waals surface area contributed by atoms with E-state index >= 15 is 0 Å². The van der Waals surface area contributed by atoms with Gasteiger partial charge < -0.3 is 14.5 Å². The first-order chi connectivity index (χ1) is 11.3. The molecule has 1 atom stereocenters. The minimum atomic E-state index is -0.327. The van der Waals surface area contributed by atoms with Gasteiger partial charge in [-0.3, -0.25) is 9.78 Å². The molecule has 0 spiro atoms. The lowest BCUT2D eigenvalue weighted by Gasteiger charge is -2.37. The van der Waals surface area contributed by atoms with Crippen molar-refractivity contribution >= 4 is 17.4 Å². The van der Waals surface area contributed by atoms with E-state index < -0.39 is 0 Å². The van der Waals surface area contributed by atoms with Crippen LogP contribution in [0.1, 0.15) is 12.8 Å². The van der Waals surface area contributed by atoms with Gasteiger partial charge >= 0.3 is 0 Å². The number of carbonyl (C=O) groups is 1. The topological polar surface area (TPSA) is 75.9 Å². The van der Waals surface area contributed by atoms with Gasteiger partial charge in [0.1, 0.15) is 6.33 Å². The number of nitrogens with zero attached hydrogens (tertiary/aromatic N) is 6. The van der Waals surface area contributed by atoms with Crippen LogP contribution < -0.4 is 4.90 Å². The van der Waals surface area contributed by atoms with Crippen LogP contribution in [0.15, 0.2) is 31.1 Å². The summed E-state index contributed by atoms with van der Waals surface area (Å²) in [7, 11) is 0. The molecule has 2 aliphatic rings. The molecular formula is C15H18N6O2. The largest absolute Gasteiger partial charge is 0.489 e. The van der Waals surface area contributed by atoms with Crippen LogP contribution in [0.25, 0.3) is 5.65 Å². The Kier molecular flexibility index (Phi) is 3.57. The van der Waals surface area contributed by atoms with E-state index in [-0.39, 0.29) is 12.0 Å². The Hall–Kier alpha value is -2.64. The van der Waals surface area contributed by atoms with Gasteiger partial charge in [-0.1, -0.05) is 0 Å². The highest BCUT2D eigenvalue weighted by atomic mass is 16.5. The van der Waals surface area contributed by atoms with E-state index in [4.69, 9.17) is 4.74 Å². The van der Waals surface area contributed by atoms with Crippen LogP contribution in [-0.4, -0.2) is 62.7 Å². The molecule has 0 saturated carbocycles. The highest BCUT2D eigenvalue weighted by Crippen LogP contribution is 2.18. The molecule has 4 heterocycles. The Labute approximate surface area is 133 Å². The second-order valence-corrected chi connectivity index (χ2v) is 5.68. The first-order valence-electron chi connectivity index (χ1n) is 7.81. The minimum absolute atomic E-state index is 0.0890. The first kappa shape index (κ1) is 14.0. The van der Waals surface area contributed by atoms with E-state index in [1.54, 1.807) is 23.2 Å². The van der Waals surface area contributed by atoms with Crippen LogP contribution in [0.5, 0.6) is 0 Å².